The fourth-order valence-corrected chi connectivity index (χ4v) is 3.23. The van der Waals surface area contributed by atoms with E-state index in [0.29, 0.717) is 49.6 Å². The van der Waals surface area contributed by atoms with Gasteiger partial charge in [-0.2, -0.15) is 5.26 Å². The predicted molar refractivity (Wildman–Crippen MR) is 115 cm³/mol. The van der Waals surface area contributed by atoms with Crippen LogP contribution < -0.4 is 10.6 Å². The van der Waals surface area contributed by atoms with E-state index in [0.717, 1.165) is 12.8 Å². The number of methoxy groups -OCH3 is 1. The maximum absolute atomic E-state index is 12.9. The van der Waals surface area contributed by atoms with Gasteiger partial charge in [-0.1, -0.05) is 0 Å². The highest BCUT2D eigenvalue weighted by molar-refractivity contribution is 5.96. The zero-order valence-corrected chi connectivity index (χ0v) is 18.3. The summed E-state index contributed by atoms with van der Waals surface area (Å²) in [4.78, 5) is 26.9. The van der Waals surface area contributed by atoms with Crippen molar-refractivity contribution < 1.29 is 19.1 Å². The molecule has 1 aromatic carbocycles. The molecule has 0 saturated carbocycles. The van der Waals surface area contributed by atoms with Gasteiger partial charge in [0.05, 0.1) is 28.9 Å². The quantitative estimate of drug-likeness (QED) is 0.658. The molecule has 0 aliphatic carbocycles. The Morgan fingerprint density at radius 2 is 2.07 bits per heavy atom. The number of likely N-dealkylation sites (tertiary alicyclic amines) is 1. The van der Waals surface area contributed by atoms with Crippen LogP contribution in [0.2, 0.25) is 0 Å². The highest BCUT2D eigenvalue weighted by Crippen LogP contribution is 2.26. The summed E-state index contributed by atoms with van der Waals surface area (Å²) in [5.74, 6) is -0.462. The van der Waals surface area contributed by atoms with Gasteiger partial charge in [0.15, 0.2) is 0 Å². The molecule has 2 N–H and O–H groups in total. The minimum atomic E-state index is -0.571. The highest BCUT2D eigenvalue weighted by Gasteiger charge is 2.31. The van der Waals surface area contributed by atoms with Gasteiger partial charge < -0.3 is 25.0 Å². The number of nitrogens with zero attached hydrogens (tertiary/aromatic N) is 2. The minimum absolute atomic E-state index is 0.145. The van der Waals surface area contributed by atoms with Gasteiger partial charge in [-0.25, -0.2) is 4.79 Å². The number of nitriles is 1. The van der Waals surface area contributed by atoms with E-state index in [1.807, 2.05) is 20.8 Å². The SMILES string of the molecule is COCCCNc1cc(C#N)ccc1NC(=O)C1CCCN(C(=O)OC(C)(C)C)C1. The van der Waals surface area contributed by atoms with E-state index in [9.17, 15) is 14.9 Å². The van der Waals surface area contributed by atoms with E-state index >= 15 is 0 Å². The monoisotopic (exact) mass is 416 g/mol. The molecular formula is C22H32N4O4. The van der Waals surface area contributed by atoms with Crippen molar-refractivity contribution in [3.63, 3.8) is 0 Å². The Bertz CT molecular complexity index is 782. The minimum Gasteiger partial charge on any atom is -0.444 e. The van der Waals surface area contributed by atoms with Crippen molar-refractivity contribution >= 4 is 23.4 Å². The third kappa shape index (κ3) is 7.23. The summed E-state index contributed by atoms with van der Waals surface area (Å²) in [5, 5.41) is 15.4. The number of piperidine rings is 1. The molecule has 2 amide bonds. The summed E-state index contributed by atoms with van der Waals surface area (Å²) in [7, 11) is 1.65. The lowest BCUT2D eigenvalue weighted by Crippen LogP contribution is -2.45. The van der Waals surface area contributed by atoms with Crippen molar-refractivity contribution in [2.24, 2.45) is 5.92 Å². The third-order valence-electron chi connectivity index (χ3n) is 4.69. The predicted octanol–water partition coefficient (Wildman–Crippen LogP) is 3.59. The van der Waals surface area contributed by atoms with E-state index < -0.39 is 5.60 Å². The Kier molecular flexibility index (Phi) is 8.48. The van der Waals surface area contributed by atoms with Gasteiger partial charge in [0.25, 0.3) is 0 Å². The second-order valence-electron chi connectivity index (χ2n) is 8.40. The molecule has 1 fully saturated rings. The molecule has 164 valence electrons. The van der Waals surface area contributed by atoms with Crippen molar-refractivity contribution in [2.75, 3.05) is 44.0 Å². The van der Waals surface area contributed by atoms with Crippen molar-refractivity contribution in [2.45, 2.75) is 45.6 Å². The van der Waals surface area contributed by atoms with E-state index in [-0.39, 0.29) is 17.9 Å². The molecule has 0 aromatic heterocycles. The van der Waals surface area contributed by atoms with Crippen molar-refractivity contribution in [3.8, 4) is 6.07 Å². The average molecular weight is 417 g/mol. The smallest absolute Gasteiger partial charge is 0.410 e. The summed E-state index contributed by atoms with van der Waals surface area (Å²) >= 11 is 0. The maximum Gasteiger partial charge on any atom is 0.410 e. The van der Waals surface area contributed by atoms with Crippen LogP contribution in [0.3, 0.4) is 0 Å². The number of amides is 2. The van der Waals surface area contributed by atoms with Gasteiger partial charge in [0.1, 0.15) is 5.60 Å². The number of hydrogen-bond donors (Lipinski definition) is 2. The first-order valence-electron chi connectivity index (χ1n) is 10.3. The molecule has 8 nitrogen and oxygen atoms in total. The number of carbonyl (C=O) groups is 2. The van der Waals surface area contributed by atoms with E-state index in [4.69, 9.17) is 9.47 Å². The Morgan fingerprint density at radius 1 is 1.30 bits per heavy atom. The number of carbonyl (C=O) groups excluding carboxylic acids is 2. The lowest BCUT2D eigenvalue weighted by atomic mass is 9.97. The van der Waals surface area contributed by atoms with E-state index in [2.05, 4.69) is 16.7 Å². The van der Waals surface area contributed by atoms with Crippen molar-refractivity contribution in [1.29, 1.82) is 5.26 Å². The number of rotatable bonds is 7. The Labute approximate surface area is 178 Å². The van der Waals surface area contributed by atoms with E-state index in [1.165, 1.54) is 0 Å². The lowest BCUT2D eigenvalue weighted by Gasteiger charge is -2.33. The average Bonchev–Trinajstić information content (AvgIpc) is 2.71. The number of nitrogens with one attached hydrogen (secondary N) is 2. The number of ether oxygens (including phenoxy) is 2. The summed E-state index contributed by atoms with van der Waals surface area (Å²) in [5.41, 5.74) is 1.25. The van der Waals surface area contributed by atoms with Crippen LogP contribution in [0.25, 0.3) is 0 Å². The third-order valence-corrected chi connectivity index (χ3v) is 4.69. The van der Waals surface area contributed by atoms with Gasteiger partial charge in [-0.3, -0.25) is 4.79 Å². The molecule has 0 spiro atoms. The second-order valence-corrected chi connectivity index (χ2v) is 8.40. The Balaban J connectivity index is 2.03. The summed E-state index contributed by atoms with van der Waals surface area (Å²) in [6.07, 6.45) is 1.86. The molecular weight excluding hydrogens is 384 g/mol. The first-order valence-corrected chi connectivity index (χ1v) is 10.3. The molecule has 30 heavy (non-hydrogen) atoms. The molecule has 8 heteroatoms. The fourth-order valence-electron chi connectivity index (χ4n) is 3.23. The zero-order valence-electron chi connectivity index (χ0n) is 18.3. The first-order chi connectivity index (χ1) is 14.2. The number of hydrogen-bond acceptors (Lipinski definition) is 6. The van der Waals surface area contributed by atoms with Crippen LogP contribution in [-0.4, -0.2) is 55.9 Å². The largest absolute Gasteiger partial charge is 0.444 e. The van der Waals surface area contributed by atoms with Crippen LogP contribution in [0.4, 0.5) is 16.2 Å². The van der Waals surface area contributed by atoms with Gasteiger partial charge in [-0.05, 0) is 58.2 Å². The standard InChI is InChI=1S/C22H32N4O4/c1-22(2,3)30-21(28)26-11-5-7-17(15-26)20(27)25-18-9-8-16(14-23)13-19(18)24-10-6-12-29-4/h8-9,13,17,24H,5-7,10-12,15H2,1-4H3,(H,25,27). The van der Waals surface area contributed by atoms with Crippen molar-refractivity contribution in [1.82, 2.24) is 4.90 Å². The molecule has 1 unspecified atom stereocenters. The number of benzene rings is 1. The molecule has 1 saturated heterocycles. The molecule has 1 atom stereocenters. The summed E-state index contributed by atoms with van der Waals surface area (Å²) in [6, 6.07) is 7.23. The Hall–Kier alpha value is -2.79. The fraction of sp³-hybridized carbons (Fsp3) is 0.591. The summed E-state index contributed by atoms with van der Waals surface area (Å²) in [6.45, 7) is 7.66. The highest BCUT2D eigenvalue weighted by atomic mass is 16.6. The van der Waals surface area contributed by atoms with Gasteiger partial charge >= 0.3 is 6.09 Å². The van der Waals surface area contributed by atoms with Crippen molar-refractivity contribution in [3.05, 3.63) is 23.8 Å². The molecule has 1 heterocycles. The zero-order chi connectivity index (χ0) is 22.1. The van der Waals surface area contributed by atoms with Gasteiger partial charge in [-0.15, -0.1) is 0 Å². The Morgan fingerprint density at radius 3 is 2.73 bits per heavy atom. The normalized spacial score (nSPS) is 16.5. The van der Waals surface area contributed by atoms with Gasteiger partial charge in [0.2, 0.25) is 5.91 Å². The molecule has 2 rings (SSSR count). The molecule has 0 radical (unpaired) electrons. The van der Waals surface area contributed by atoms with Crippen LogP contribution in [0.15, 0.2) is 18.2 Å². The molecule has 1 aromatic rings. The van der Waals surface area contributed by atoms with Crippen LogP contribution in [0.1, 0.15) is 45.6 Å². The van der Waals surface area contributed by atoms with Crippen LogP contribution >= 0.6 is 0 Å². The molecule has 1 aliphatic rings. The molecule has 1 aliphatic heterocycles. The summed E-state index contributed by atoms with van der Waals surface area (Å²) < 4.78 is 10.5. The van der Waals surface area contributed by atoms with Crippen LogP contribution in [-0.2, 0) is 14.3 Å². The topological polar surface area (TPSA) is 104 Å². The van der Waals surface area contributed by atoms with Crippen LogP contribution in [0.5, 0.6) is 0 Å². The van der Waals surface area contributed by atoms with E-state index in [1.54, 1.807) is 30.2 Å². The first kappa shape index (κ1) is 23.5. The maximum atomic E-state index is 12.9. The second kappa shape index (κ2) is 10.8. The van der Waals surface area contributed by atoms with Crippen LogP contribution in [0, 0.1) is 17.2 Å². The van der Waals surface area contributed by atoms with Gasteiger partial charge in [0, 0.05) is 33.4 Å². The molecule has 0 bridgehead atoms. The lowest BCUT2D eigenvalue weighted by molar-refractivity contribution is -0.121. The number of anilines is 2.